The van der Waals surface area contributed by atoms with Crippen LogP contribution in [0, 0.1) is 5.92 Å². The molecule has 1 aliphatic carbocycles. The average Bonchev–Trinajstić information content (AvgIpc) is 3.61. The molecule has 2 aromatic heterocycles. The highest BCUT2D eigenvalue weighted by Crippen LogP contribution is 2.30. The standard InChI is InChI=1S/C29H35N7O/c1-2-3-9-18-36-27(30-29(33-36)26(37)19-21-10-5-4-6-11-21)20-22-14-16-23(17-15-22)24-12-7-8-13-25(24)28-31-34-35-32-28/h7-8,12-17,21H,2-6,9-11,18-20H2,1H3,(H,31,32,34,35). The molecule has 37 heavy (non-hydrogen) atoms. The second-order valence-electron chi connectivity index (χ2n) is 10.1. The third-order valence-corrected chi connectivity index (χ3v) is 7.31. The summed E-state index contributed by atoms with van der Waals surface area (Å²) < 4.78 is 1.96. The first-order chi connectivity index (χ1) is 18.2. The van der Waals surface area contributed by atoms with Gasteiger partial charge < -0.3 is 0 Å². The molecule has 0 bridgehead atoms. The van der Waals surface area contributed by atoms with Crippen molar-refractivity contribution < 1.29 is 4.79 Å². The lowest BCUT2D eigenvalue weighted by Gasteiger charge is -2.19. The first-order valence-electron chi connectivity index (χ1n) is 13.6. The van der Waals surface area contributed by atoms with Crippen LogP contribution < -0.4 is 0 Å². The van der Waals surface area contributed by atoms with Gasteiger partial charge in [-0.25, -0.2) is 9.67 Å². The third-order valence-electron chi connectivity index (χ3n) is 7.31. The maximum absolute atomic E-state index is 13.0. The number of carbonyl (C=O) groups excluding carboxylic acids is 1. The summed E-state index contributed by atoms with van der Waals surface area (Å²) in [6.45, 7) is 2.99. The summed E-state index contributed by atoms with van der Waals surface area (Å²) in [7, 11) is 0. The first kappa shape index (κ1) is 25.0. The fraction of sp³-hybridized carbons (Fsp3) is 0.448. The van der Waals surface area contributed by atoms with Gasteiger partial charge in [-0.15, -0.1) is 15.3 Å². The number of carbonyl (C=O) groups is 1. The Kier molecular flexibility index (Phi) is 8.13. The van der Waals surface area contributed by atoms with Crippen LogP contribution in [0.4, 0.5) is 0 Å². The molecule has 1 saturated carbocycles. The van der Waals surface area contributed by atoms with E-state index in [4.69, 9.17) is 4.98 Å². The topological polar surface area (TPSA) is 102 Å². The zero-order chi connectivity index (χ0) is 25.5. The summed E-state index contributed by atoms with van der Waals surface area (Å²) in [5.41, 5.74) is 4.20. The summed E-state index contributed by atoms with van der Waals surface area (Å²) >= 11 is 0. The number of hydrogen-bond donors (Lipinski definition) is 1. The summed E-state index contributed by atoms with van der Waals surface area (Å²) in [5.74, 6) is 2.41. The maximum atomic E-state index is 13.0. The molecular formula is C29H35N7O. The minimum absolute atomic E-state index is 0.0933. The molecule has 0 aliphatic heterocycles. The molecule has 0 spiro atoms. The van der Waals surface area contributed by atoms with E-state index in [1.165, 1.54) is 19.3 Å². The van der Waals surface area contributed by atoms with Crippen molar-refractivity contribution in [1.82, 2.24) is 35.4 Å². The zero-order valence-electron chi connectivity index (χ0n) is 21.6. The van der Waals surface area contributed by atoms with E-state index >= 15 is 0 Å². The van der Waals surface area contributed by atoms with E-state index in [1.54, 1.807) is 0 Å². The molecule has 0 radical (unpaired) electrons. The number of rotatable bonds is 11. The number of benzene rings is 2. The Bertz CT molecular complexity index is 1290. The number of Topliss-reactive ketones (excluding diaryl/α,β-unsaturated/α-hetero) is 1. The van der Waals surface area contributed by atoms with E-state index < -0.39 is 0 Å². The monoisotopic (exact) mass is 497 g/mol. The molecule has 0 saturated heterocycles. The summed E-state index contributed by atoms with van der Waals surface area (Å²) in [5, 5.41) is 19.2. The van der Waals surface area contributed by atoms with Crippen molar-refractivity contribution in [2.45, 2.75) is 77.7 Å². The molecular weight excluding hydrogens is 462 g/mol. The van der Waals surface area contributed by atoms with Crippen molar-refractivity contribution in [2.75, 3.05) is 0 Å². The number of nitrogens with zero attached hydrogens (tertiary/aromatic N) is 6. The van der Waals surface area contributed by atoms with Gasteiger partial charge in [-0.05, 0) is 34.2 Å². The second kappa shape index (κ2) is 12.0. The smallest absolute Gasteiger partial charge is 0.217 e. The van der Waals surface area contributed by atoms with Crippen LogP contribution in [0.1, 0.15) is 86.7 Å². The molecule has 1 fully saturated rings. The van der Waals surface area contributed by atoms with E-state index in [2.05, 4.69) is 63.0 Å². The van der Waals surface area contributed by atoms with Gasteiger partial charge in [0.25, 0.3) is 0 Å². The minimum atomic E-state index is 0.0933. The highest BCUT2D eigenvalue weighted by molar-refractivity contribution is 5.92. The SMILES string of the molecule is CCCCCn1nc(C(=O)CC2CCCCC2)nc1Cc1ccc(-c2ccccc2-c2nn[nH]n2)cc1. The van der Waals surface area contributed by atoms with Gasteiger partial charge in [-0.3, -0.25) is 4.79 Å². The van der Waals surface area contributed by atoms with Gasteiger partial charge in [-0.2, -0.15) is 5.21 Å². The molecule has 1 N–H and O–H groups in total. The Morgan fingerprint density at radius 1 is 1.00 bits per heavy atom. The van der Waals surface area contributed by atoms with Gasteiger partial charge >= 0.3 is 0 Å². The Balaban J connectivity index is 1.34. The van der Waals surface area contributed by atoms with Gasteiger partial charge in [0.1, 0.15) is 5.82 Å². The number of aryl methyl sites for hydroxylation is 1. The lowest BCUT2D eigenvalue weighted by Crippen LogP contribution is -2.13. The number of ketones is 1. The maximum Gasteiger partial charge on any atom is 0.217 e. The number of hydrogen-bond acceptors (Lipinski definition) is 6. The van der Waals surface area contributed by atoms with E-state index in [1.807, 2.05) is 22.9 Å². The zero-order valence-corrected chi connectivity index (χ0v) is 21.6. The normalized spacial score (nSPS) is 14.2. The first-order valence-corrected chi connectivity index (χ1v) is 13.6. The predicted molar refractivity (Wildman–Crippen MR) is 143 cm³/mol. The van der Waals surface area contributed by atoms with Crippen LogP contribution in [0.25, 0.3) is 22.5 Å². The molecule has 2 heterocycles. The molecule has 5 rings (SSSR count). The molecule has 0 amide bonds. The highest BCUT2D eigenvalue weighted by Gasteiger charge is 2.22. The van der Waals surface area contributed by atoms with Gasteiger partial charge in [0.2, 0.25) is 17.4 Å². The van der Waals surface area contributed by atoms with Crippen LogP contribution >= 0.6 is 0 Å². The van der Waals surface area contributed by atoms with E-state index in [0.29, 0.717) is 30.4 Å². The molecule has 4 aromatic rings. The fourth-order valence-electron chi connectivity index (χ4n) is 5.25. The second-order valence-corrected chi connectivity index (χ2v) is 10.1. The van der Waals surface area contributed by atoms with Gasteiger partial charge in [0, 0.05) is 24.9 Å². The molecule has 192 valence electrons. The molecule has 1 aliphatic rings. The Morgan fingerprint density at radius 2 is 1.78 bits per heavy atom. The van der Waals surface area contributed by atoms with Gasteiger partial charge in [-0.1, -0.05) is 100 Å². The number of unbranched alkanes of at least 4 members (excludes halogenated alkanes) is 2. The predicted octanol–water partition coefficient (Wildman–Crippen LogP) is 6.06. The van der Waals surface area contributed by atoms with Gasteiger partial charge in [0.05, 0.1) is 0 Å². The Labute approximate surface area is 217 Å². The molecule has 0 unspecified atom stereocenters. The molecule has 8 nitrogen and oxygen atoms in total. The van der Waals surface area contributed by atoms with Crippen LogP contribution in [0.2, 0.25) is 0 Å². The van der Waals surface area contributed by atoms with Crippen LogP contribution in [-0.2, 0) is 13.0 Å². The van der Waals surface area contributed by atoms with Crippen molar-refractivity contribution in [2.24, 2.45) is 5.92 Å². The highest BCUT2D eigenvalue weighted by atomic mass is 16.1. The van der Waals surface area contributed by atoms with Crippen LogP contribution in [0.3, 0.4) is 0 Å². The van der Waals surface area contributed by atoms with Crippen LogP contribution in [0.15, 0.2) is 48.5 Å². The van der Waals surface area contributed by atoms with E-state index in [-0.39, 0.29) is 5.78 Å². The number of nitrogens with one attached hydrogen (secondary N) is 1. The fourth-order valence-corrected chi connectivity index (χ4v) is 5.25. The number of aromatic nitrogens is 7. The van der Waals surface area contributed by atoms with Crippen LogP contribution in [0.5, 0.6) is 0 Å². The molecule has 0 atom stereocenters. The third kappa shape index (κ3) is 6.18. The van der Waals surface area contributed by atoms with Crippen LogP contribution in [-0.4, -0.2) is 41.2 Å². The summed E-state index contributed by atoms with van der Waals surface area (Å²) in [6, 6.07) is 16.5. The summed E-state index contributed by atoms with van der Waals surface area (Å²) in [6.07, 6.45) is 10.6. The quantitative estimate of drug-likeness (QED) is 0.200. The molecule has 2 aromatic carbocycles. The van der Waals surface area contributed by atoms with E-state index in [0.717, 1.165) is 66.7 Å². The average molecular weight is 498 g/mol. The van der Waals surface area contributed by atoms with Crippen molar-refractivity contribution in [3.63, 3.8) is 0 Å². The Morgan fingerprint density at radius 3 is 2.51 bits per heavy atom. The minimum Gasteiger partial charge on any atom is -0.291 e. The van der Waals surface area contributed by atoms with Crippen molar-refractivity contribution in [1.29, 1.82) is 0 Å². The number of H-pyrrole nitrogens is 1. The van der Waals surface area contributed by atoms with Crippen molar-refractivity contribution in [3.8, 4) is 22.5 Å². The lowest BCUT2D eigenvalue weighted by atomic mass is 9.86. The Hall–Kier alpha value is -3.68. The largest absolute Gasteiger partial charge is 0.291 e. The summed E-state index contributed by atoms with van der Waals surface area (Å²) in [4.78, 5) is 17.8. The van der Waals surface area contributed by atoms with Crippen molar-refractivity contribution in [3.05, 3.63) is 65.7 Å². The van der Waals surface area contributed by atoms with Gasteiger partial charge in [0.15, 0.2) is 0 Å². The number of tetrazole rings is 1. The number of aromatic amines is 1. The van der Waals surface area contributed by atoms with E-state index in [9.17, 15) is 4.79 Å². The van der Waals surface area contributed by atoms with Crippen molar-refractivity contribution >= 4 is 5.78 Å². The lowest BCUT2D eigenvalue weighted by molar-refractivity contribution is 0.0939. The molecule has 8 heteroatoms.